The minimum Gasteiger partial charge on any atom is -0.396 e. The van der Waals surface area contributed by atoms with Gasteiger partial charge in [-0.25, -0.2) is 0 Å². The van der Waals surface area contributed by atoms with Crippen LogP contribution >= 0.6 is 0 Å². The van der Waals surface area contributed by atoms with Gasteiger partial charge < -0.3 is 15.4 Å². The summed E-state index contributed by atoms with van der Waals surface area (Å²) in [6, 6.07) is 2.24. The number of unbranched alkanes of at least 4 members (excludes halogenated alkanes) is 1. The third kappa shape index (κ3) is 3.16. The largest absolute Gasteiger partial charge is 0.396 e. The first kappa shape index (κ1) is 11.3. The van der Waals surface area contributed by atoms with Gasteiger partial charge in [0.2, 0.25) is 0 Å². The smallest absolute Gasteiger partial charge is 0.0431 e. The quantitative estimate of drug-likeness (QED) is 0.680. The Morgan fingerprint density at radius 1 is 1.50 bits per heavy atom. The van der Waals surface area contributed by atoms with Gasteiger partial charge in [0.15, 0.2) is 0 Å². The average Bonchev–Trinajstić information content (AvgIpc) is 2.66. The molecule has 0 bridgehead atoms. The van der Waals surface area contributed by atoms with Crippen molar-refractivity contribution >= 4 is 0 Å². The molecule has 3 N–H and O–H groups in total. The minimum atomic E-state index is 0.161. The van der Waals surface area contributed by atoms with E-state index in [0.717, 1.165) is 25.8 Å². The monoisotopic (exact) mass is 196 g/mol. The van der Waals surface area contributed by atoms with Crippen LogP contribution in [0.3, 0.4) is 0 Å². The second-order valence-corrected chi connectivity index (χ2v) is 3.63. The molecule has 3 nitrogen and oxygen atoms in total. The molecule has 0 radical (unpaired) electrons. The van der Waals surface area contributed by atoms with Crippen molar-refractivity contribution < 1.29 is 5.11 Å². The lowest BCUT2D eigenvalue weighted by Crippen LogP contribution is -2.07. The number of rotatable bonds is 6. The minimum absolute atomic E-state index is 0.161. The highest BCUT2D eigenvalue weighted by molar-refractivity contribution is 5.14. The molecular formula is C11H20N2O. The predicted octanol–water partition coefficient (Wildman–Crippen LogP) is 1.67. The molecular weight excluding hydrogens is 176 g/mol. The summed E-state index contributed by atoms with van der Waals surface area (Å²) in [7, 11) is 0. The lowest BCUT2D eigenvalue weighted by molar-refractivity contribution is 0.281. The van der Waals surface area contributed by atoms with Crippen molar-refractivity contribution in [3.8, 4) is 0 Å². The van der Waals surface area contributed by atoms with Crippen LogP contribution in [0.4, 0.5) is 0 Å². The highest BCUT2D eigenvalue weighted by Crippen LogP contribution is 2.13. The SMILES string of the molecule is CCC(N)c1ccn(CCCCO)c1. The topological polar surface area (TPSA) is 51.2 Å². The summed E-state index contributed by atoms with van der Waals surface area (Å²) in [5.41, 5.74) is 7.11. The van der Waals surface area contributed by atoms with Gasteiger partial charge >= 0.3 is 0 Å². The Kier molecular flexibility index (Phi) is 4.70. The molecule has 1 atom stereocenters. The Balaban J connectivity index is 2.42. The maximum atomic E-state index is 8.65. The molecule has 1 rings (SSSR count). The summed E-state index contributed by atoms with van der Waals surface area (Å²) < 4.78 is 2.14. The Labute approximate surface area is 85.5 Å². The highest BCUT2D eigenvalue weighted by atomic mass is 16.2. The summed E-state index contributed by atoms with van der Waals surface area (Å²) in [5, 5.41) is 8.65. The lowest BCUT2D eigenvalue weighted by atomic mass is 10.1. The van der Waals surface area contributed by atoms with E-state index in [2.05, 4.69) is 30.0 Å². The Hall–Kier alpha value is -0.800. The van der Waals surface area contributed by atoms with Crippen LogP contribution in [0, 0.1) is 0 Å². The molecule has 1 heterocycles. The van der Waals surface area contributed by atoms with Gasteiger partial charge in [-0.15, -0.1) is 0 Å². The summed E-state index contributed by atoms with van der Waals surface area (Å²) in [6.45, 7) is 3.34. The average molecular weight is 196 g/mol. The maximum Gasteiger partial charge on any atom is 0.0431 e. The summed E-state index contributed by atoms with van der Waals surface area (Å²) in [4.78, 5) is 0. The number of hydrogen-bond donors (Lipinski definition) is 2. The Morgan fingerprint density at radius 3 is 2.93 bits per heavy atom. The first-order valence-electron chi connectivity index (χ1n) is 5.30. The first-order chi connectivity index (χ1) is 6.77. The number of aliphatic hydroxyl groups excluding tert-OH is 1. The third-order valence-corrected chi connectivity index (χ3v) is 2.47. The molecule has 0 aliphatic heterocycles. The zero-order valence-corrected chi connectivity index (χ0v) is 8.82. The van der Waals surface area contributed by atoms with E-state index in [1.807, 2.05) is 0 Å². The van der Waals surface area contributed by atoms with Crippen molar-refractivity contribution in [1.29, 1.82) is 0 Å². The van der Waals surface area contributed by atoms with Gasteiger partial charge in [-0.2, -0.15) is 0 Å². The number of hydrogen-bond acceptors (Lipinski definition) is 2. The van der Waals surface area contributed by atoms with E-state index >= 15 is 0 Å². The van der Waals surface area contributed by atoms with E-state index in [9.17, 15) is 0 Å². The van der Waals surface area contributed by atoms with Crippen molar-refractivity contribution in [3.63, 3.8) is 0 Å². The second kappa shape index (κ2) is 5.83. The molecule has 0 amide bonds. The van der Waals surface area contributed by atoms with E-state index in [1.54, 1.807) is 0 Å². The van der Waals surface area contributed by atoms with Gasteiger partial charge in [0.05, 0.1) is 0 Å². The summed E-state index contributed by atoms with van der Waals surface area (Å²) in [5.74, 6) is 0. The van der Waals surface area contributed by atoms with Crippen LogP contribution in [0.5, 0.6) is 0 Å². The summed E-state index contributed by atoms with van der Waals surface area (Å²) >= 11 is 0. The van der Waals surface area contributed by atoms with Gasteiger partial charge in [0, 0.05) is 31.6 Å². The predicted molar refractivity (Wildman–Crippen MR) is 58.0 cm³/mol. The first-order valence-corrected chi connectivity index (χ1v) is 5.30. The maximum absolute atomic E-state index is 8.65. The van der Waals surface area contributed by atoms with E-state index in [4.69, 9.17) is 10.8 Å². The van der Waals surface area contributed by atoms with E-state index in [0.29, 0.717) is 0 Å². The van der Waals surface area contributed by atoms with Crippen LogP contribution in [-0.4, -0.2) is 16.3 Å². The van der Waals surface area contributed by atoms with Crippen LogP contribution in [-0.2, 0) is 6.54 Å². The standard InChI is InChI=1S/C11H20N2O/c1-2-11(12)10-5-7-13(9-10)6-3-4-8-14/h5,7,9,11,14H,2-4,6,8,12H2,1H3. The van der Waals surface area contributed by atoms with Gasteiger partial charge in [0.25, 0.3) is 0 Å². The third-order valence-electron chi connectivity index (χ3n) is 2.47. The van der Waals surface area contributed by atoms with Crippen LogP contribution in [0.2, 0.25) is 0 Å². The molecule has 0 saturated heterocycles. The van der Waals surface area contributed by atoms with Crippen molar-refractivity contribution in [2.24, 2.45) is 5.73 Å². The van der Waals surface area contributed by atoms with Crippen LogP contribution in [0.15, 0.2) is 18.5 Å². The van der Waals surface area contributed by atoms with Crippen molar-refractivity contribution in [2.75, 3.05) is 6.61 Å². The molecule has 1 aromatic heterocycles. The van der Waals surface area contributed by atoms with Gasteiger partial charge in [-0.1, -0.05) is 6.92 Å². The van der Waals surface area contributed by atoms with E-state index in [1.165, 1.54) is 5.56 Å². The fraction of sp³-hybridized carbons (Fsp3) is 0.636. The molecule has 0 fully saturated rings. The van der Waals surface area contributed by atoms with Crippen LogP contribution in [0.1, 0.15) is 37.8 Å². The molecule has 14 heavy (non-hydrogen) atoms. The van der Waals surface area contributed by atoms with Gasteiger partial charge in [-0.05, 0) is 30.9 Å². The molecule has 0 aliphatic rings. The van der Waals surface area contributed by atoms with Gasteiger partial charge in [-0.3, -0.25) is 0 Å². The molecule has 0 aliphatic carbocycles. The van der Waals surface area contributed by atoms with E-state index < -0.39 is 0 Å². The van der Waals surface area contributed by atoms with Crippen LogP contribution < -0.4 is 5.73 Å². The van der Waals surface area contributed by atoms with Gasteiger partial charge in [0.1, 0.15) is 0 Å². The number of nitrogens with zero attached hydrogens (tertiary/aromatic N) is 1. The van der Waals surface area contributed by atoms with Crippen molar-refractivity contribution in [1.82, 2.24) is 4.57 Å². The van der Waals surface area contributed by atoms with Crippen LogP contribution in [0.25, 0.3) is 0 Å². The normalized spacial score (nSPS) is 13.1. The number of aromatic nitrogens is 1. The number of aliphatic hydroxyl groups is 1. The Bertz CT molecular complexity index is 258. The molecule has 1 aromatic rings. The lowest BCUT2D eigenvalue weighted by Gasteiger charge is -2.05. The van der Waals surface area contributed by atoms with E-state index in [-0.39, 0.29) is 12.6 Å². The molecule has 0 saturated carbocycles. The Morgan fingerprint density at radius 2 is 2.29 bits per heavy atom. The molecule has 3 heteroatoms. The second-order valence-electron chi connectivity index (χ2n) is 3.63. The van der Waals surface area contributed by atoms with Crippen molar-refractivity contribution in [2.45, 2.75) is 38.8 Å². The highest BCUT2D eigenvalue weighted by Gasteiger charge is 2.04. The van der Waals surface area contributed by atoms with Crippen molar-refractivity contribution in [3.05, 3.63) is 24.0 Å². The number of aryl methyl sites for hydroxylation is 1. The zero-order chi connectivity index (χ0) is 10.4. The zero-order valence-electron chi connectivity index (χ0n) is 8.82. The number of nitrogens with two attached hydrogens (primary N) is 1. The molecule has 80 valence electrons. The molecule has 1 unspecified atom stereocenters. The fourth-order valence-electron chi connectivity index (χ4n) is 1.46. The molecule has 0 spiro atoms. The molecule has 0 aromatic carbocycles. The summed E-state index contributed by atoms with van der Waals surface area (Å²) in [6.07, 6.45) is 7.02. The fourth-order valence-corrected chi connectivity index (χ4v) is 1.46.